The van der Waals surface area contributed by atoms with Gasteiger partial charge in [-0.15, -0.1) is 0 Å². The molecule has 1 heterocycles. The predicted molar refractivity (Wildman–Crippen MR) is 88.6 cm³/mol. The average molecular weight is 383 g/mol. The molecule has 0 fully saturated rings. The molecule has 0 unspecified atom stereocenters. The fraction of sp³-hybridized carbons (Fsp3) is 0.312. The van der Waals surface area contributed by atoms with E-state index in [0.29, 0.717) is 0 Å². The third kappa shape index (κ3) is 3.06. The summed E-state index contributed by atoms with van der Waals surface area (Å²) < 4.78 is 8.77. The van der Waals surface area contributed by atoms with Crippen molar-refractivity contribution in [3.05, 3.63) is 50.9 Å². The van der Waals surface area contributed by atoms with Crippen molar-refractivity contribution in [3.8, 4) is 5.75 Å². The van der Waals surface area contributed by atoms with Crippen LogP contribution < -0.4 is 4.74 Å². The number of carbonyl (C=O) groups is 1. The number of carbonyl (C=O) groups excluding carboxylic acids is 1. The minimum absolute atomic E-state index is 0.0254. The number of nitrogens with zero attached hydrogens (tertiary/aromatic N) is 1. The van der Waals surface area contributed by atoms with Crippen molar-refractivity contribution in [2.75, 3.05) is 6.61 Å². The van der Waals surface area contributed by atoms with Crippen molar-refractivity contribution < 1.29 is 9.53 Å². The number of aromatic nitrogens is 1. The molecular weight excluding hydrogens is 365 g/mol. The Bertz CT molecular complexity index is 631. The highest BCUT2D eigenvalue weighted by atomic mass is 127. The highest BCUT2D eigenvalue weighted by Crippen LogP contribution is 2.21. The summed E-state index contributed by atoms with van der Waals surface area (Å²) in [5.41, 5.74) is 2.89. The summed E-state index contributed by atoms with van der Waals surface area (Å²) in [4.78, 5) is 12.3. The summed E-state index contributed by atoms with van der Waals surface area (Å²) in [6.07, 6.45) is 0. The number of ether oxygens (including phenoxy) is 1. The Labute approximate surface area is 133 Å². The number of hydrogen-bond acceptors (Lipinski definition) is 2. The van der Waals surface area contributed by atoms with Gasteiger partial charge in [-0.25, -0.2) is 0 Å². The molecule has 1 aromatic heterocycles. The molecule has 0 saturated heterocycles. The summed E-state index contributed by atoms with van der Waals surface area (Å²) in [6.45, 7) is 7.04. The van der Waals surface area contributed by atoms with Gasteiger partial charge in [0.1, 0.15) is 5.75 Å². The van der Waals surface area contributed by atoms with Crippen LogP contribution >= 0.6 is 22.6 Å². The maximum absolute atomic E-state index is 12.3. The number of ketones is 1. The van der Waals surface area contributed by atoms with E-state index in [1.807, 2.05) is 44.2 Å². The first-order chi connectivity index (χ1) is 9.54. The van der Waals surface area contributed by atoms with Crippen LogP contribution in [0.15, 0.2) is 30.3 Å². The van der Waals surface area contributed by atoms with E-state index < -0.39 is 0 Å². The zero-order valence-electron chi connectivity index (χ0n) is 11.9. The number of benzene rings is 1. The SMILES string of the molecule is CCn1c(C)cc(C(=O)COc2ccccc2I)c1C. The van der Waals surface area contributed by atoms with Gasteiger partial charge in [0.25, 0.3) is 0 Å². The molecule has 0 atom stereocenters. The smallest absolute Gasteiger partial charge is 0.202 e. The summed E-state index contributed by atoms with van der Waals surface area (Å²) in [6, 6.07) is 9.64. The predicted octanol–water partition coefficient (Wildman–Crippen LogP) is 3.99. The van der Waals surface area contributed by atoms with Crippen molar-refractivity contribution in [2.45, 2.75) is 27.3 Å². The molecule has 2 rings (SSSR count). The van der Waals surface area contributed by atoms with E-state index in [2.05, 4.69) is 34.1 Å². The average Bonchev–Trinajstić information content (AvgIpc) is 2.72. The van der Waals surface area contributed by atoms with Crippen LogP contribution in [0.4, 0.5) is 0 Å². The maximum Gasteiger partial charge on any atom is 0.202 e. The van der Waals surface area contributed by atoms with Gasteiger partial charge in [-0.1, -0.05) is 12.1 Å². The molecule has 0 aliphatic carbocycles. The molecule has 4 heteroatoms. The molecule has 0 radical (unpaired) electrons. The number of aryl methyl sites for hydroxylation is 1. The zero-order chi connectivity index (χ0) is 14.7. The lowest BCUT2D eigenvalue weighted by atomic mass is 10.1. The monoisotopic (exact) mass is 383 g/mol. The van der Waals surface area contributed by atoms with Crippen molar-refractivity contribution >= 4 is 28.4 Å². The van der Waals surface area contributed by atoms with Gasteiger partial charge in [-0.05, 0) is 61.6 Å². The third-order valence-corrected chi connectivity index (χ3v) is 4.28. The van der Waals surface area contributed by atoms with Crippen LogP contribution in [0.25, 0.3) is 0 Å². The third-order valence-electron chi connectivity index (χ3n) is 3.39. The first-order valence-corrected chi connectivity index (χ1v) is 7.69. The summed E-state index contributed by atoms with van der Waals surface area (Å²) >= 11 is 2.20. The molecule has 0 bridgehead atoms. The van der Waals surface area contributed by atoms with Gasteiger partial charge in [-0.3, -0.25) is 4.79 Å². The van der Waals surface area contributed by atoms with Crippen molar-refractivity contribution in [3.63, 3.8) is 0 Å². The van der Waals surface area contributed by atoms with Gasteiger partial charge < -0.3 is 9.30 Å². The van der Waals surface area contributed by atoms with E-state index in [1.165, 1.54) is 0 Å². The first-order valence-electron chi connectivity index (χ1n) is 6.61. The van der Waals surface area contributed by atoms with Crippen molar-refractivity contribution in [1.82, 2.24) is 4.57 Å². The topological polar surface area (TPSA) is 31.2 Å². The standard InChI is InChI=1S/C16H18INO2/c1-4-18-11(2)9-13(12(18)3)15(19)10-20-16-8-6-5-7-14(16)17/h5-9H,4,10H2,1-3H3. The molecule has 0 aliphatic rings. The fourth-order valence-corrected chi connectivity index (χ4v) is 2.90. The fourth-order valence-electron chi connectivity index (χ4n) is 2.35. The normalized spacial score (nSPS) is 10.6. The van der Waals surface area contributed by atoms with E-state index in [9.17, 15) is 4.79 Å². The molecule has 0 spiro atoms. The number of halogens is 1. The Morgan fingerprint density at radius 2 is 2.00 bits per heavy atom. The Hall–Kier alpha value is -1.30. The number of hydrogen-bond donors (Lipinski definition) is 0. The molecule has 3 nitrogen and oxygen atoms in total. The van der Waals surface area contributed by atoms with E-state index in [1.54, 1.807) is 0 Å². The van der Waals surface area contributed by atoms with Crippen LogP contribution in [0, 0.1) is 17.4 Å². The number of rotatable bonds is 5. The highest BCUT2D eigenvalue weighted by Gasteiger charge is 2.15. The Morgan fingerprint density at radius 1 is 1.30 bits per heavy atom. The van der Waals surface area contributed by atoms with Crippen molar-refractivity contribution in [2.24, 2.45) is 0 Å². The van der Waals surface area contributed by atoms with Gasteiger partial charge >= 0.3 is 0 Å². The Kier molecular flexibility index (Phi) is 4.86. The summed E-state index contributed by atoms with van der Waals surface area (Å²) in [5, 5.41) is 0. The van der Waals surface area contributed by atoms with Gasteiger partial charge in [0.05, 0.1) is 3.57 Å². The second-order valence-electron chi connectivity index (χ2n) is 4.67. The lowest BCUT2D eigenvalue weighted by Gasteiger charge is -2.08. The van der Waals surface area contributed by atoms with Gasteiger partial charge in [0.2, 0.25) is 5.78 Å². The van der Waals surface area contributed by atoms with Crippen molar-refractivity contribution in [1.29, 1.82) is 0 Å². The van der Waals surface area contributed by atoms with Gasteiger partial charge in [-0.2, -0.15) is 0 Å². The van der Waals surface area contributed by atoms with Gasteiger partial charge in [0.15, 0.2) is 6.61 Å². The minimum atomic E-state index is 0.0254. The van der Waals surface area contributed by atoms with Crippen LogP contribution in [0.3, 0.4) is 0 Å². The zero-order valence-corrected chi connectivity index (χ0v) is 14.1. The molecule has 0 aliphatic heterocycles. The molecule has 1 aromatic carbocycles. The largest absolute Gasteiger partial charge is 0.484 e. The van der Waals surface area contributed by atoms with Crippen LogP contribution in [-0.2, 0) is 6.54 Å². The van der Waals surface area contributed by atoms with Crippen LogP contribution in [0.2, 0.25) is 0 Å². The van der Waals surface area contributed by atoms with E-state index in [-0.39, 0.29) is 12.4 Å². The first kappa shape index (κ1) is 15.1. The number of Topliss-reactive ketones (excluding diaryl/α,β-unsaturated/α-hetero) is 1. The van der Waals surface area contributed by atoms with E-state index in [4.69, 9.17) is 4.74 Å². The molecule has 0 amide bonds. The van der Waals surface area contributed by atoms with Crippen LogP contribution in [-0.4, -0.2) is 17.0 Å². The summed E-state index contributed by atoms with van der Waals surface area (Å²) in [5.74, 6) is 0.781. The van der Waals surface area contributed by atoms with Crippen LogP contribution in [0.5, 0.6) is 5.75 Å². The lowest BCUT2D eigenvalue weighted by molar-refractivity contribution is 0.0920. The second-order valence-corrected chi connectivity index (χ2v) is 5.83. The number of para-hydroxylation sites is 1. The second kappa shape index (κ2) is 6.43. The lowest BCUT2D eigenvalue weighted by Crippen LogP contribution is -2.13. The molecule has 20 heavy (non-hydrogen) atoms. The van der Waals surface area contributed by atoms with Gasteiger partial charge in [0, 0.05) is 23.5 Å². The van der Waals surface area contributed by atoms with E-state index >= 15 is 0 Å². The Balaban J connectivity index is 2.12. The molecule has 0 saturated carbocycles. The Morgan fingerprint density at radius 3 is 2.60 bits per heavy atom. The van der Waals surface area contributed by atoms with Crippen LogP contribution in [0.1, 0.15) is 28.7 Å². The van der Waals surface area contributed by atoms with E-state index in [0.717, 1.165) is 32.8 Å². The molecule has 0 N–H and O–H groups in total. The quantitative estimate of drug-likeness (QED) is 0.578. The molecular formula is C16H18INO2. The highest BCUT2D eigenvalue weighted by molar-refractivity contribution is 14.1. The summed E-state index contributed by atoms with van der Waals surface area (Å²) in [7, 11) is 0. The molecule has 106 valence electrons. The minimum Gasteiger partial charge on any atom is -0.484 e. The molecule has 2 aromatic rings. The maximum atomic E-state index is 12.3.